The van der Waals surface area contributed by atoms with Crippen LogP contribution in [0.15, 0.2) is 30.5 Å². The highest BCUT2D eigenvalue weighted by atomic mass is 127. The number of nitrogens with zero attached hydrogens (tertiary/aromatic N) is 2. The predicted octanol–water partition coefficient (Wildman–Crippen LogP) is 2.03. The molecule has 100 valence electrons. The average Bonchev–Trinajstić information content (AvgIpc) is 2.42. The molecule has 1 aromatic heterocycles. The third-order valence-corrected chi connectivity index (χ3v) is 3.21. The molecule has 1 heterocycles. The highest BCUT2D eigenvalue weighted by Crippen LogP contribution is 2.33. The van der Waals surface area contributed by atoms with E-state index in [-0.39, 0.29) is 5.69 Å². The van der Waals surface area contributed by atoms with Crippen LogP contribution in [0.2, 0.25) is 0 Å². The van der Waals surface area contributed by atoms with Crippen LogP contribution < -0.4 is 16.2 Å². The maximum Gasteiger partial charge on any atom is 0.267 e. The zero-order chi connectivity index (χ0) is 14.7. The molecule has 0 unspecified atom stereocenters. The second-order valence-corrected chi connectivity index (χ2v) is 4.99. The molecule has 0 radical (unpaired) electrons. The molecule has 0 saturated heterocycles. The number of halogens is 1. The van der Waals surface area contributed by atoms with Gasteiger partial charge in [-0.1, -0.05) is 0 Å². The molecule has 0 aliphatic heterocycles. The van der Waals surface area contributed by atoms with Crippen molar-refractivity contribution in [3.05, 3.63) is 45.3 Å². The molecule has 6 nitrogen and oxygen atoms in total. The van der Waals surface area contributed by atoms with Crippen molar-refractivity contribution in [2.45, 2.75) is 0 Å². The molecule has 0 aliphatic carbocycles. The van der Waals surface area contributed by atoms with Crippen LogP contribution in [0.1, 0.15) is 16.1 Å². The summed E-state index contributed by atoms with van der Waals surface area (Å²) in [6, 6.07) is 8.20. The largest absolute Gasteiger partial charge is 0.454 e. The first-order chi connectivity index (χ1) is 9.51. The van der Waals surface area contributed by atoms with Gasteiger partial charge in [0.1, 0.15) is 11.4 Å². The van der Waals surface area contributed by atoms with Crippen molar-refractivity contribution in [1.29, 1.82) is 5.26 Å². The highest BCUT2D eigenvalue weighted by molar-refractivity contribution is 14.1. The smallest absolute Gasteiger partial charge is 0.267 e. The number of primary amides is 1. The number of aromatic nitrogens is 1. The van der Waals surface area contributed by atoms with Gasteiger partial charge in [-0.05, 0) is 40.8 Å². The van der Waals surface area contributed by atoms with Crippen LogP contribution in [-0.2, 0) is 0 Å². The number of nitriles is 1. The van der Waals surface area contributed by atoms with Gasteiger partial charge in [0.25, 0.3) is 5.91 Å². The van der Waals surface area contributed by atoms with E-state index in [0.29, 0.717) is 26.3 Å². The van der Waals surface area contributed by atoms with Crippen molar-refractivity contribution >= 4 is 34.2 Å². The summed E-state index contributed by atoms with van der Waals surface area (Å²) in [5.74, 6) is 0.173. The maximum atomic E-state index is 11.1. The molecule has 0 saturated carbocycles. The standard InChI is InChI=1S/C13H9IN4O2/c14-9-3-7(6-15)4-10(16)12(9)20-8-1-2-18-11(5-8)13(17)19/h1-5H,16H2,(H2,17,19). The summed E-state index contributed by atoms with van der Waals surface area (Å²) in [5, 5.41) is 8.86. The fourth-order valence-corrected chi connectivity index (χ4v) is 2.27. The molecule has 0 aliphatic rings. The fourth-order valence-electron chi connectivity index (χ4n) is 1.51. The van der Waals surface area contributed by atoms with Crippen LogP contribution in [-0.4, -0.2) is 10.9 Å². The number of carbonyl (C=O) groups excluding carboxylic acids is 1. The van der Waals surface area contributed by atoms with Gasteiger partial charge in [-0.25, -0.2) is 0 Å². The molecular weight excluding hydrogens is 371 g/mol. The maximum absolute atomic E-state index is 11.1. The molecule has 20 heavy (non-hydrogen) atoms. The van der Waals surface area contributed by atoms with Gasteiger partial charge in [-0.3, -0.25) is 9.78 Å². The monoisotopic (exact) mass is 380 g/mol. The van der Waals surface area contributed by atoms with E-state index in [2.05, 4.69) is 4.98 Å². The van der Waals surface area contributed by atoms with Gasteiger partial charge >= 0.3 is 0 Å². The number of pyridine rings is 1. The molecule has 7 heteroatoms. The summed E-state index contributed by atoms with van der Waals surface area (Å²) in [7, 11) is 0. The summed E-state index contributed by atoms with van der Waals surface area (Å²) < 4.78 is 6.33. The van der Waals surface area contributed by atoms with E-state index in [1.807, 2.05) is 28.7 Å². The molecule has 4 N–H and O–H groups in total. The van der Waals surface area contributed by atoms with Crippen LogP contribution in [0.25, 0.3) is 0 Å². The Morgan fingerprint density at radius 3 is 2.75 bits per heavy atom. The SMILES string of the molecule is N#Cc1cc(N)c(Oc2ccnc(C(N)=O)c2)c(I)c1. The Hall–Kier alpha value is -2.34. The van der Waals surface area contributed by atoms with Gasteiger partial charge in [0.15, 0.2) is 5.75 Å². The van der Waals surface area contributed by atoms with Gasteiger partial charge in [-0.2, -0.15) is 5.26 Å². The van der Waals surface area contributed by atoms with Crippen molar-refractivity contribution in [2.75, 3.05) is 5.73 Å². The lowest BCUT2D eigenvalue weighted by Crippen LogP contribution is -2.12. The zero-order valence-electron chi connectivity index (χ0n) is 10.1. The van der Waals surface area contributed by atoms with Gasteiger partial charge in [0, 0.05) is 12.3 Å². The van der Waals surface area contributed by atoms with Crippen molar-refractivity contribution in [3.8, 4) is 17.6 Å². The molecule has 1 amide bonds. The van der Waals surface area contributed by atoms with Crippen LogP contribution >= 0.6 is 22.6 Å². The molecule has 0 atom stereocenters. The van der Waals surface area contributed by atoms with E-state index in [9.17, 15) is 4.79 Å². The molecule has 0 fully saturated rings. The van der Waals surface area contributed by atoms with E-state index < -0.39 is 5.91 Å². The van der Waals surface area contributed by atoms with Gasteiger partial charge in [-0.15, -0.1) is 0 Å². The first-order valence-electron chi connectivity index (χ1n) is 5.44. The Labute approximate surface area is 128 Å². The number of hydrogen-bond acceptors (Lipinski definition) is 5. The Morgan fingerprint density at radius 2 is 2.15 bits per heavy atom. The van der Waals surface area contributed by atoms with Crippen molar-refractivity contribution in [3.63, 3.8) is 0 Å². The summed E-state index contributed by atoms with van der Waals surface area (Å²) in [4.78, 5) is 14.9. The molecule has 0 bridgehead atoms. The van der Waals surface area contributed by atoms with Crippen molar-refractivity contribution in [2.24, 2.45) is 5.73 Å². The number of rotatable bonds is 3. The Balaban J connectivity index is 2.38. The minimum absolute atomic E-state index is 0.102. The Kier molecular flexibility index (Phi) is 4.05. The second-order valence-electron chi connectivity index (χ2n) is 3.83. The summed E-state index contributed by atoms with van der Waals surface area (Å²) in [5.41, 5.74) is 11.9. The first-order valence-corrected chi connectivity index (χ1v) is 6.52. The third-order valence-electron chi connectivity index (χ3n) is 2.41. The molecule has 2 rings (SSSR count). The second kappa shape index (κ2) is 5.75. The van der Waals surface area contributed by atoms with E-state index in [4.69, 9.17) is 21.5 Å². The summed E-state index contributed by atoms with van der Waals surface area (Å²) in [6.45, 7) is 0. The van der Waals surface area contributed by atoms with Crippen LogP contribution in [0, 0.1) is 14.9 Å². The number of carbonyl (C=O) groups is 1. The summed E-state index contributed by atoms with van der Waals surface area (Å²) in [6.07, 6.45) is 1.42. The number of nitrogen functional groups attached to an aromatic ring is 1. The lowest BCUT2D eigenvalue weighted by atomic mass is 10.2. The number of nitrogens with two attached hydrogens (primary N) is 2. The van der Waals surface area contributed by atoms with E-state index in [1.54, 1.807) is 12.1 Å². The fraction of sp³-hybridized carbons (Fsp3) is 0. The molecule has 1 aromatic carbocycles. The Morgan fingerprint density at radius 1 is 1.40 bits per heavy atom. The topological polar surface area (TPSA) is 115 Å². The summed E-state index contributed by atoms with van der Waals surface area (Å²) >= 11 is 2.02. The molecule has 0 spiro atoms. The van der Waals surface area contributed by atoms with E-state index >= 15 is 0 Å². The highest BCUT2D eigenvalue weighted by Gasteiger charge is 2.11. The lowest BCUT2D eigenvalue weighted by molar-refractivity contribution is 0.0995. The lowest BCUT2D eigenvalue weighted by Gasteiger charge is -2.11. The number of ether oxygens (including phenoxy) is 1. The number of amides is 1. The minimum Gasteiger partial charge on any atom is -0.454 e. The number of anilines is 1. The van der Waals surface area contributed by atoms with E-state index in [0.717, 1.165) is 0 Å². The van der Waals surface area contributed by atoms with Crippen molar-refractivity contribution in [1.82, 2.24) is 4.98 Å². The number of hydrogen-bond donors (Lipinski definition) is 2. The normalized spacial score (nSPS) is 9.80. The van der Waals surface area contributed by atoms with Gasteiger partial charge in [0.05, 0.1) is 20.9 Å². The third kappa shape index (κ3) is 2.97. The average molecular weight is 380 g/mol. The van der Waals surface area contributed by atoms with Gasteiger partial charge < -0.3 is 16.2 Å². The predicted molar refractivity (Wildman–Crippen MR) is 81.1 cm³/mol. The quantitative estimate of drug-likeness (QED) is 0.625. The Bertz CT molecular complexity index is 702. The molecular formula is C13H9IN4O2. The van der Waals surface area contributed by atoms with Crippen LogP contribution in [0.3, 0.4) is 0 Å². The van der Waals surface area contributed by atoms with Gasteiger partial charge in [0.2, 0.25) is 0 Å². The minimum atomic E-state index is -0.641. The van der Waals surface area contributed by atoms with Crippen LogP contribution in [0.5, 0.6) is 11.5 Å². The van der Waals surface area contributed by atoms with E-state index in [1.165, 1.54) is 18.3 Å². The first kappa shape index (κ1) is 14.1. The zero-order valence-corrected chi connectivity index (χ0v) is 12.3. The van der Waals surface area contributed by atoms with Crippen LogP contribution in [0.4, 0.5) is 5.69 Å². The van der Waals surface area contributed by atoms with Crippen molar-refractivity contribution < 1.29 is 9.53 Å². The molecule has 2 aromatic rings. The number of benzene rings is 1.